The molecule has 0 atom stereocenters. The van der Waals surface area contributed by atoms with Crippen LogP contribution in [-0.4, -0.2) is 20.8 Å². The van der Waals surface area contributed by atoms with E-state index in [4.69, 9.17) is 0 Å². The predicted molar refractivity (Wildman–Crippen MR) is 44.9 cm³/mol. The second kappa shape index (κ2) is 5.55. The Morgan fingerprint density at radius 1 is 1.27 bits per heavy atom. The first kappa shape index (κ1) is 10.9. The highest BCUT2D eigenvalue weighted by Crippen LogP contribution is 2.06. The molecule has 1 fully saturated rings. The maximum Gasteiger partial charge on any atom is 0.267 e. The van der Waals surface area contributed by atoms with E-state index >= 15 is 0 Å². The molecule has 0 aromatic carbocycles. The molecule has 1 aliphatic heterocycles. The van der Waals surface area contributed by atoms with E-state index in [0.717, 1.165) is 12.8 Å². The molecule has 0 aromatic rings. The molecule has 1 rings (SSSR count). The SMILES string of the molecule is CCC.O=S1(=O)CCCCO1. The first-order valence-electron chi connectivity index (χ1n) is 3.99. The smallest absolute Gasteiger partial charge is 0.267 e. The Kier molecular flexibility index (Phi) is 5.50. The van der Waals surface area contributed by atoms with E-state index in [1.165, 1.54) is 6.42 Å². The molecule has 0 aliphatic carbocycles. The molecule has 0 bridgehead atoms. The Labute approximate surface area is 68.9 Å². The van der Waals surface area contributed by atoms with Gasteiger partial charge in [-0.05, 0) is 12.8 Å². The Bertz CT molecular complexity index is 160. The molecule has 0 aromatic heterocycles. The lowest BCUT2D eigenvalue weighted by molar-refractivity contribution is 0.292. The summed E-state index contributed by atoms with van der Waals surface area (Å²) in [5, 5.41) is 0. The van der Waals surface area contributed by atoms with Crippen LogP contribution in [0.2, 0.25) is 0 Å². The Balaban J connectivity index is 0.000000292. The van der Waals surface area contributed by atoms with Crippen molar-refractivity contribution in [1.82, 2.24) is 0 Å². The summed E-state index contributed by atoms with van der Waals surface area (Å²) in [6.07, 6.45) is 2.88. The lowest BCUT2D eigenvalue weighted by atomic mass is 10.4. The van der Waals surface area contributed by atoms with E-state index in [9.17, 15) is 8.42 Å². The van der Waals surface area contributed by atoms with Gasteiger partial charge in [-0.25, -0.2) is 0 Å². The molecule has 11 heavy (non-hydrogen) atoms. The van der Waals surface area contributed by atoms with Crippen molar-refractivity contribution in [2.45, 2.75) is 33.1 Å². The highest BCUT2D eigenvalue weighted by molar-refractivity contribution is 7.86. The molecule has 0 amide bonds. The van der Waals surface area contributed by atoms with Gasteiger partial charge in [-0.3, -0.25) is 4.18 Å². The zero-order chi connectivity index (χ0) is 8.74. The lowest BCUT2D eigenvalue weighted by Gasteiger charge is -2.09. The molecule has 68 valence electrons. The van der Waals surface area contributed by atoms with Gasteiger partial charge >= 0.3 is 0 Å². The summed E-state index contributed by atoms with van der Waals surface area (Å²) >= 11 is 0. The van der Waals surface area contributed by atoms with Gasteiger partial charge in [-0.15, -0.1) is 0 Å². The maximum absolute atomic E-state index is 10.4. The van der Waals surface area contributed by atoms with E-state index in [1.54, 1.807) is 0 Å². The van der Waals surface area contributed by atoms with Crippen LogP contribution in [0.5, 0.6) is 0 Å². The normalized spacial score (nSPS) is 21.6. The molecule has 0 radical (unpaired) electrons. The molecule has 1 aliphatic rings. The summed E-state index contributed by atoms with van der Waals surface area (Å²) in [7, 11) is -3.08. The van der Waals surface area contributed by atoms with Gasteiger partial charge in [0.1, 0.15) is 0 Å². The third kappa shape index (κ3) is 6.31. The summed E-state index contributed by atoms with van der Waals surface area (Å²) in [4.78, 5) is 0. The zero-order valence-electron chi connectivity index (χ0n) is 7.17. The van der Waals surface area contributed by atoms with Crippen molar-refractivity contribution in [2.75, 3.05) is 12.4 Å². The van der Waals surface area contributed by atoms with Crippen LogP contribution in [0.15, 0.2) is 0 Å². The minimum Gasteiger partial charge on any atom is -0.270 e. The van der Waals surface area contributed by atoms with Crippen molar-refractivity contribution in [3.63, 3.8) is 0 Å². The Morgan fingerprint density at radius 2 is 1.82 bits per heavy atom. The molecule has 4 heteroatoms. The fourth-order valence-corrected chi connectivity index (χ4v) is 1.67. The van der Waals surface area contributed by atoms with Crippen LogP contribution < -0.4 is 0 Å². The second-order valence-corrected chi connectivity index (χ2v) is 4.26. The number of hydrogen-bond acceptors (Lipinski definition) is 3. The third-order valence-electron chi connectivity index (χ3n) is 1.05. The van der Waals surface area contributed by atoms with Crippen molar-refractivity contribution in [1.29, 1.82) is 0 Å². The average molecular weight is 180 g/mol. The lowest BCUT2D eigenvalue weighted by Crippen LogP contribution is -2.17. The third-order valence-corrected chi connectivity index (χ3v) is 2.37. The average Bonchev–Trinajstić information content (AvgIpc) is 1.88. The van der Waals surface area contributed by atoms with Crippen molar-refractivity contribution in [3.8, 4) is 0 Å². The molecule has 0 saturated carbocycles. The molecule has 0 unspecified atom stereocenters. The van der Waals surface area contributed by atoms with Crippen LogP contribution in [0.1, 0.15) is 33.1 Å². The van der Waals surface area contributed by atoms with Crippen LogP contribution >= 0.6 is 0 Å². The van der Waals surface area contributed by atoms with Gasteiger partial charge in [0.05, 0.1) is 12.4 Å². The quantitative estimate of drug-likeness (QED) is 0.531. The van der Waals surface area contributed by atoms with Crippen molar-refractivity contribution < 1.29 is 12.6 Å². The van der Waals surface area contributed by atoms with Crippen molar-refractivity contribution >= 4 is 10.1 Å². The zero-order valence-corrected chi connectivity index (χ0v) is 7.99. The first-order valence-corrected chi connectivity index (χ1v) is 5.57. The van der Waals surface area contributed by atoms with Crippen molar-refractivity contribution in [3.05, 3.63) is 0 Å². The second-order valence-electron chi connectivity index (χ2n) is 2.50. The minimum atomic E-state index is -3.08. The van der Waals surface area contributed by atoms with Gasteiger partial charge in [0.25, 0.3) is 10.1 Å². The fraction of sp³-hybridized carbons (Fsp3) is 1.00. The van der Waals surface area contributed by atoms with Crippen LogP contribution in [0.3, 0.4) is 0 Å². The number of rotatable bonds is 0. The Hall–Kier alpha value is -0.0900. The molecule has 1 saturated heterocycles. The largest absolute Gasteiger partial charge is 0.270 e. The van der Waals surface area contributed by atoms with E-state index in [-0.39, 0.29) is 5.75 Å². The maximum atomic E-state index is 10.4. The first-order chi connectivity index (χ1) is 5.12. The van der Waals surface area contributed by atoms with E-state index in [0.29, 0.717) is 6.61 Å². The monoisotopic (exact) mass is 180 g/mol. The molecular formula is C7H16O3S. The van der Waals surface area contributed by atoms with Crippen LogP contribution in [-0.2, 0) is 14.3 Å². The summed E-state index contributed by atoms with van der Waals surface area (Å²) in [6.45, 7) is 4.63. The van der Waals surface area contributed by atoms with Gasteiger partial charge in [0.15, 0.2) is 0 Å². The fourth-order valence-electron chi connectivity index (χ4n) is 0.626. The number of hydrogen-bond donors (Lipinski definition) is 0. The molecule has 1 heterocycles. The van der Waals surface area contributed by atoms with Gasteiger partial charge in [-0.2, -0.15) is 8.42 Å². The topological polar surface area (TPSA) is 43.4 Å². The summed E-state index contributed by atoms with van der Waals surface area (Å²) in [6, 6.07) is 0. The van der Waals surface area contributed by atoms with Gasteiger partial charge in [-0.1, -0.05) is 20.3 Å². The highest BCUT2D eigenvalue weighted by atomic mass is 32.2. The molecular weight excluding hydrogens is 164 g/mol. The summed E-state index contributed by atoms with van der Waals surface area (Å²) < 4.78 is 25.3. The van der Waals surface area contributed by atoms with Crippen molar-refractivity contribution in [2.24, 2.45) is 0 Å². The van der Waals surface area contributed by atoms with Gasteiger partial charge in [0, 0.05) is 0 Å². The summed E-state index contributed by atoms with van der Waals surface area (Å²) in [5.74, 6) is 0.201. The molecule has 0 spiro atoms. The molecule has 3 nitrogen and oxygen atoms in total. The van der Waals surface area contributed by atoms with E-state index in [2.05, 4.69) is 18.0 Å². The minimum absolute atomic E-state index is 0.201. The molecule has 0 N–H and O–H groups in total. The predicted octanol–water partition coefficient (Wildman–Crippen LogP) is 1.54. The van der Waals surface area contributed by atoms with E-state index in [1.807, 2.05) is 0 Å². The van der Waals surface area contributed by atoms with Crippen LogP contribution in [0, 0.1) is 0 Å². The van der Waals surface area contributed by atoms with E-state index < -0.39 is 10.1 Å². The highest BCUT2D eigenvalue weighted by Gasteiger charge is 2.14. The Morgan fingerprint density at radius 3 is 2.00 bits per heavy atom. The van der Waals surface area contributed by atoms with Gasteiger partial charge in [0.2, 0.25) is 0 Å². The van der Waals surface area contributed by atoms with Gasteiger partial charge < -0.3 is 0 Å². The summed E-state index contributed by atoms with van der Waals surface area (Å²) in [5.41, 5.74) is 0. The van der Waals surface area contributed by atoms with Crippen LogP contribution in [0.25, 0.3) is 0 Å². The van der Waals surface area contributed by atoms with Crippen LogP contribution in [0.4, 0.5) is 0 Å². The standard InChI is InChI=1S/C4H8O3S.C3H8/c5-8(6)4-2-1-3-7-8;1-3-2/h1-4H2;3H2,1-2H3.